The molecule has 1 aromatic rings. The number of hydrogen-bond acceptors (Lipinski definition) is 3. The first-order chi connectivity index (χ1) is 8.04. The normalized spacial score (nSPS) is 9.59. The van der Waals surface area contributed by atoms with Crippen molar-refractivity contribution in [2.24, 2.45) is 0 Å². The van der Waals surface area contributed by atoms with Crippen LogP contribution in [0, 0.1) is 0 Å². The molecule has 0 N–H and O–H groups in total. The van der Waals surface area contributed by atoms with E-state index in [0.29, 0.717) is 28.3 Å². The first-order valence-electron chi connectivity index (χ1n) is 4.78. The Morgan fingerprint density at radius 3 is 2.65 bits per heavy atom. The molecule has 0 aromatic heterocycles. The topological polar surface area (TPSA) is 46.6 Å². The summed E-state index contributed by atoms with van der Waals surface area (Å²) in [6, 6.07) is 2.99. The fraction of sp³-hybridized carbons (Fsp3) is 0.167. The lowest BCUT2D eigenvalue weighted by atomic mass is 10.2. The van der Waals surface area contributed by atoms with E-state index in [4.69, 9.17) is 16.3 Å². The van der Waals surface area contributed by atoms with Crippen molar-refractivity contribution in [3.63, 3.8) is 0 Å². The van der Waals surface area contributed by atoms with E-state index in [1.54, 1.807) is 7.05 Å². The monoisotopic (exact) mass is 253 g/mol. The molecule has 1 aromatic carbocycles. The summed E-state index contributed by atoms with van der Waals surface area (Å²) in [6.45, 7) is 3.39. The van der Waals surface area contributed by atoms with E-state index < -0.39 is 0 Å². The summed E-state index contributed by atoms with van der Waals surface area (Å²) in [5, 5.41) is 0.297. The largest absolute Gasteiger partial charge is 0.496 e. The molecular formula is C12H12ClNO3. The molecule has 0 bridgehead atoms. The molecule has 0 spiro atoms. The molecule has 0 aliphatic carbocycles. The van der Waals surface area contributed by atoms with Crippen LogP contribution in [0.4, 0.5) is 5.69 Å². The van der Waals surface area contributed by atoms with Crippen molar-refractivity contribution in [1.29, 1.82) is 0 Å². The lowest BCUT2D eigenvalue weighted by Crippen LogP contribution is -2.24. The van der Waals surface area contributed by atoms with Gasteiger partial charge in [-0.15, -0.1) is 0 Å². The van der Waals surface area contributed by atoms with Crippen LogP contribution in [0.15, 0.2) is 24.8 Å². The Labute approximate surface area is 104 Å². The van der Waals surface area contributed by atoms with Crippen molar-refractivity contribution in [1.82, 2.24) is 0 Å². The maximum atomic E-state index is 11.5. The highest BCUT2D eigenvalue weighted by atomic mass is 35.5. The van der Waals surface area contributed by atoms with Gasteiger partial charge in [0, 0.05) is 13.1 Å². The molecule has 0 atom stereocenters. The molecule has 1 rings (SSSR count). The van der Waals surface area contributed by atoms with E-state index in [1.165, 1.54) is 30.2 Å². The summed E-state index contributed by atoms with van der Waals surface area (Å²) in [5.74, 6) is 0.0657. The van der Waals surface area contributed by atoms with Crippen LogP contribution in [0.25, 0.3) is 0 Å². The molecule has 0 heterocycles. The smallest absolute Gasteiger partial charge is 0.250 e. The van der Waals surface area contributed by atoms with Crippen LogP contribution in [-0.2, 0) is 4.79 Å². The number of amides is 1. The van der Waals surface area contributed by atoms with E-state index in [9.17, 15) is 9.59 Å². The van der Waals surface area contributed by atoms with Crippen LogP contribution in [0.1, 0.15) is 10.4 Å². The van der Waals surface area contributed by atoms with Crippen molar-refractivity contribution in [2.75, 3.05) is 19.1 Å². The molecule has 1 amide bonds. The summed E-state index contributed by atoms with van der Waals surface area (Å²) in [6.07, 6.45) is 1.82. The Bertz CT molecular complexity index is 471. The predicted octanol–water partition coefficient (Wildman–Crippen LogP) is 2.31. The second-order valence-electron chi connectivity index (χ2n) is 3.26. The standard InChI is InChI=1S/C12H12ClNO3/c1-4-12(16)14(2)10-6-11(17-3)8(7-15)5-9(10)13/h4-7H,1H2,2-3H3. The van der Waals surface area contributed by atoms with Crippen LogP contribution < -0.4 is 9.64 Å². The van der Waals surface area contributed by atoms with Gasteiger partial charge in [0.1, 0.15) is 5.75 Å². The van der Waals surface area contributed by atoms with E-state index in [-0.39, 0.29) is 5.91 Å². The molecule has 0 fully saturated rings. The Hall–Kier alpha value is -1.81. The average molecular weight is 254 g/mol. The van der Waals surface area contributed by atoms with Crippen LogP contribution >= 0.6 is 11.6 Å². The SMILES string of the molecule is C=CC(=O)N(C)c1cc(OC)c(C=O)cc1Cl. The van der Waals surface area contributed by atoms with Gasteiger partial charge in [0.15, 0.2) is 6.29 Å². The lowest BCUT2D eigenvalue weighted by molar-refractivity contribution is -0.113. The second kappa shape index (κ2) is 5.50. The Kier molecular flexibility index (Phi) is 4.29. The molecule has 5 heteroatoms. The number of halogens is 1. The average Bonchev–Trinajstić information content (AvgIpc) is 2.36. The zero-order valence-corrected chi connectivity index (χ0v) is 10.3. The number of carbonyl (C=O) groups excluding carboxylic acids is 2. The molecule has 0 saturated carbocycles. The number of likely N-dealkylation sites (N-methyl/N-ethyl adjacent to an activating group) is 1. The number of rotatable bonds is 4. The number of methoxy groups -OCH3 is 1. The maximum Gasteiger partial charge on any atom is 0.250 e. The van der Waals surface area contributed by atoms with Crippen LogP contribution in [-0.4, -0.2) is 26.4 Å². The van der Waals surface area contributed by atoms with E-state index in [2.05, 4.69) is 6.58 Å². The fourth-order valence-corrected chi connectivity index (χ4v) is 1.64. The molecule has 90 valence electrons. The van der Waals surface area contributed by atoms with Gasteiger partial charge in [-0.05, 0) is 12.1 Å². The molecule has 4 nitrogen and oxygen atoms in total. The zero-order valence-electron chi connectivity index (χ0n) is 9.57. The van der Waals surface area contributed by atoms with Gasteiger partial charge >= 0.3 is 0 Å². The number of aldehydes is 1. The molecule has 0 unspecified atom stereocenters. The minimum absolute atomic E-state index is 0.297. The van der Waals surface area contributed by atoms with E-state index in [0.717, 1.165) is 0 Å². The Morgan fingerprint density at radius 1 is 1.53 bits per heavy atom. The number of ether oxygens (including phenoxy) is 1. The highest BCUT2D eigenvalue weighted by molar-refractivity contribution is 6.34. The molecule has 0 aliphatic rings. The number of anilines is 1. The van der Waals surface area contributed by atoms with Gasteiger partial charge in [0.25, 0.3) is 0 Å². The van der Waals surface area contributed by atoms with E-state index in [1.807, 2.05) is 0 Å². The van der Waals surface area contributed by atoms with Crippen molar-refractivity contribution in [3.05, 3.63) is 35.4 Å². The second-order valence-corrected chi connectivity index (χ2v) is 3.67. The third-order valence-corrected chi connectivity index (χ3v) is 2.60. The highest BCUT2D eigenvalue weighted by Gasteiger charge is 2.15. The van der Waals surface area contributed by atoms with Gasteiger partial charge < -0.3 is 9.64 Å². The minimum Gasteiger partial charge on any atom is -0.496 e. The first-order valence-corrected chi connectivity index (χ1v) is 5.15. The highest BCUT2D eigenvalue weighted by Crippen LogP contribution is 2.32. The Balaban J connectivity index is 3.30. The number of benzene rings is 1. The van der Waals surface area contributed by atoms with Crippen molar-refractivity contribution >= 4 is 29.5 Å². The van der Waals surface area contributed by atoms with Gasteiger partial charge in [-0.3, -0.25) is 9.59 Å². The lowest BCUT2D eigenvalue weighted by Gasteiger charge is -2.18. The number of hydrogen-bond donors (Lipinski definition) is 0. The van der Waals surface area contributed by atoms with Crippen molar-refractivity contribution in [2.45, 2.75) is 0 Å². The van der Waals surface area contributed by atoms with Crippen LogP contribution in [0.2, 0.25) is 5.02 Å². The third-order valence-electron chi connectivity index (χ3n) is 2.29. The number of carbonyl (C=O) groups is 2. The fourth-order valence-electron chi connectivity index (χ4n) is 1.34. The number of nitrogens with zero attached hydrogens (tertiary/aromatic N) is 1. The quantitative estimate of drug-likeness (QED) is 0.611. The van der Waals surface area contributed by atoms with Gasteiger partial charge in [-0.25, -0.2) is 0 Å². The predicted molar refractivity (Wildman–Crippen MR) is 67.0 cm³/mol. The molecule has 0 aliphatic heterocycles. The minimum atomic E-state index is -0.298. The van der Waals surface area contributed by atoms with Crippen LogP contribution in [0.5, 0.6) is 5.75 Å². The molecule has 0 radical (unpaired) electrons. The first kappa shape index (κ1) is 13.3. The van der Waals surface area contributed by atoms with Crippen molar-refractivity contribution in [3.8, 4) is 5.75 Å². The summed E-state index contributed by atoms with van der Waals surface area (Å²) in [5.41, 5.74) is 0.791. The maximum absolute atomic E-state index is 11.5. The van der Waals surface area contributed by atoms with Gasteiger partial charge in [0.2, 0.25) is 5.91 Å². The summed E-state index contributed by atoms with van der Waals surface area (Å²) >= 11 is 5.99. The van der Waals surface area contributed by atoms with Crippen molar-refractivity contribution < 1.29 is 14.3 Å². The molecule has 17 heavy (non-hydrogen) atoms. The third kappa shape index (κ3) is 2.65. The van der Waals surface area contributed by atoms with Gasteiger partial charge in [-0.1, -0.05) is 18.2 Å². The zero-order chi connectivity index (χ0) is 13.0. The van der Waals surface area contributed by atoms with Gasteiger partial charge in [0.05, 0.1) is 23.4 Å². The summed E-state index contributed by atoms with van der Waals surface area (Å²) in [4.78, 5) is 23.6. The Morgan fingerprint density at radius 2 is 2.18 bits per heavy atom. The molecular weight excluding hydrogens is 242 g/mol. The summed E-state index contributed by atoms with van der Waals surface area (Å²) in [7, 11) is 3.00. The molecule has 0 saturated heterocycles. The van der Waals surface area contributed by atoms with Gasteiger partial charge in [-0.2, -0.15) is 0 Å². The van der Waals surface area contributed by atoms with Crippen LogP contribution in [0.3, 0.4) is 0 Å². The van der Waals surface area contributed by atoms with E-state index >= 15 is 0 Å². The summed E-state index contributed by atoms with van der Waals surface area (Å²) < 4.78 is 5.04.